The fourth-order valence-corrected chi connectivity index (χ4v) is 11.5. The molecule has 0 heterocycles. The average Bonchev–Trinajstić information content (AvgIpc) is 3.47. The van der Waals surface area contributed by atoms with E-state index in [0.29, 0.717) is 11.0 Å². The van der Waals surface area contributed by atoms with Crippen molar-refractivity contribution < 1.29 is 9.53 Å². The summed E-state index contributed by atoms with van der Waals surface area (Å²) in [5, 5.41) is 3.55. The molecule has 2 aromatic rings. The van der Waals surface area contributed by atoms with Gasteiger partial charge in [0.05, 0.1) is 5.56 Å². The molecule has 3 nitrogen and oxygen atoms in total. The van der Waals surface area contributed by atoms with Crippen molar-refractivity contribution in [2.24, 2.45) is 46.3 Å². The van der Waals surface area contributed by atoms with E-state index in [1.165, 1.54) is 94.7 Å². The first-order valence-electron chi connectivity index (χ1n) is 21.0. The fraction of sp³-hybridized carbons (Fsp3) is 0.681. The van der Waals surface area contributed by atoms with Crippen LogP contribution in [0.1, 0.15) is 155 Å². The van der Waals surface area contributed by atoms with Crippen LogP contribution in [0.4, 0.5) is 5.69 Å². The molecule has 4 aliphatic carbocycles. The van der Waals surface area contributed by atoms with Crippen LogP contribution < -0.4 is 5.32 Å². The van der Waals surface area contributed by atoms with Crippen LogP contribution in [0.25, 0.3) is 11.1 Å². The molecule has 1 N–H and O–H groups in total. The quantitative estimate of drug-likeness (QED) is 0.116. The fourth-order valence-electron chi connectivity index (χ4n) is 11.5. The Morgan fingerprint density at radius 1 is 0.820 bits per heavy atom. The van der Waals surface area contributed by atoms with Crippen molar-refractivity contribution >= 4 is 11.7 Å². The van der Waals surface area contributed by atoms with E-state index in [1.54, 1.807) is 5.57 Å². The van der Waals surface area contributed by atoms with Gasteiger partial charge in [-0.1, -0.05) is 122 Å². The number of fused-ring (bicyclic) bond motifs is 5. The van der Waals surface area contributed by atoms with Gasteiger partial charge >= 0.3 is 5.97 Å². The van der Waals surface area contributed by atoms with Crippen molar-refractivity contribution in [1.82, 2.24) is 0 Å². The molecule has 2 aromatic carbocycles. The molecule has 274 valence electrons. The molecule has 0 amide bonds. The van der Waals surface area contributed by atoms with E-state index in [-0.39, 0.29) is 17.5 Å². The summed E-state index contributed by atoms with van der Waals surface area (Å²) in [4.78, 5) is 13.4. The zero-order valence-electron chi connectivity index (χ0n) is 32.6. The zero-order valence-corrected chi connectivity index (χ0v) is 32.6. The summed E-state index contributed by atoms with van der Waals surface area (Å²) in [6, 6.07) is 16.7. The van der Waals surface area contributed by atoms with Gasteiger partial charge in [-0.3, -0.25) is 0 Å². The van der Waals surface area contributed by atoms with E-state index in [2.05, 4.69) is 89.3 Å². The number of rotatable bonds is 15. The number of carbonyl (C=O) groups is 1. The van der Waals surface area contributed by atoms with Crippen molar-refractivity contribution in [3.8, 4) is 11.1 Å². The lowest BCUT2D eigenvalue weighted by Crippen LogP contribution is -2.51. The molecule has 0 radical (unpaired) electrons. The number of unbranched alkanes of at least 4 members (excludes halogenated alkanes) is 4. The van der Waals surface area contributed by atoms with E-state index < -0.39 is 0 Å². The minimum atomic E-state index is -0.175. The van der Waals surface area contributed by atoms with Gasteiger partial charge in [0.1, 0.15) is 6.10 Å². The highest BCUT2D eigenvalue weighted by Crippen LogP contribution is 2.67. The number of anilines is 1. The maximum atomic E-state index is 13.4. The summed E-state index contributed by atoms with van der Waals surface area (Å²) >= 11 is 0. The Kier molecular flexibility index (Phi) is 12.2. The van der Waals surface area contributed by atoms with Gasteiger partial charge in [0.25, 0.3) is 0 Å². The third-order valence-corrected chi connectivity index (χ3v) is 14.5. The molecule has 50 heavy (non-hydrogen) atoms. The summed E-state index contributed by atoms with van der Waals surface area (Å²) < 4.78 is 6.22. The third kappa shape index (κ3) is 8.08. The van der Waals surface area contributed by atoms with Crippen LogP contribution in [0, 0.1) is 46.3 Å². The lowest BCUT2D eigenvalue weighted by atomic mass is 9.47. The van der Waals surface area contributed by atoms with Crippen molar-refractivity contribution in [3.05, 3.63) is 65.7 Å². The van der Waals surface area contributed by atoms with Crippen molar-refractivity contribution in [2.45, 2.75) is 150 Å². The first-order chi connectivity index (χ1) is 24.1. The average molecular weight is 680 g/mol. The van der Waals surface area contributed by atoms with Gasteiger partial charge in [-0.25, -0.2) is 4.79 Å². The number of hydrogen-bond donors (Lipinski definition) is 1. The molecule has 6 rings (SSSR count). The van der Waals surface area contributed by atoms with E-state index in [4.69, 9.17) is 4.74 Å². The van der Waals surface area contributed by atoms with Gasteiger partial charge in [-0.2, -0.15) is 0 Å². The molecule has 3 heteroatoms. The van der Waals surface area contributed by atoms with Crippen LogP contribution in [0.15, 0.2) is 60.2 Å². The largest absolute Gasteiger partial charge is 0.458 e. The van der Waals surface area contributed by atoms with Crippen LogP contribution in [-0.4, -0.2) is 18.6 Å². The lowest BCUT2D eigenvalue weighted by Gasteiger charge is -2.58. The van der Waals surface area contributed by atoms with Gasteiger partial charge in [-0.05, 0) is 133 Å². The van der Waals surface area contributed by atoms with Crippen molar-refractivity contribution in [1.29, 1.82) is 0 Å². The van der Waals surface area contributed by atoms with E-state index in [1.807, 2.05) is 12.1 Å². The number of benzene rings is 2. The second kappa shape index (κ2) is 16.4. The smallest absolute Gasteiger partial charge is 0.338 e. The number of allylic oxidation sites excluding steroid dienone is 1. The second-order valence-electron chi connectivity index (χ2n) is 18.1. The van der Waals surface area contributed by atoms with Crippen LogP contribution in [0.5, 0.6) is 0 Å². The number of nitrogens with one attached hydrogen (secondary N) is 1. The highest BCUT2D eigenvalue weighted by atomic mass is 16.5. The summed E-state index contributed by atoms with van der Waals surface area (Å²) in [5.74, 6) is 4.92. The second-order valence-corrected chi connectivity index (χ2v) is 18.1. The standard InChI is InChI=1S/C47H69NO2/c1-7-8-9-10-11-31-48-39-22-19-36(20-23-39)35-15-17-37(18-16-35)45(49)50-40-27-29-46(5)38(32-40)21-24-41-43-26-25-42(34(4)14-12-13-33(2)3)47(43,6)30-28-44(41)46/h15-23,33-34,40-44,48H,7-14,24-32H2,1-6H3/t34-,40?,41+,42-,43+,44+,46+,47-/m1/s1. The normalized spacial score (nSPS) is 30.9. The minimum absolute atomic E-state index is 0.0128. The maximum Gasteiger partial charge on any atom is 0.338 e. The molecule has 3 saturated carbocycles. The van der Waals surface area contributed by atoms with Crippen LogP contribution in [0.3, 0.4) is 0 Å². The Labute approximate surface area is 305 Å². The van der Waals surface area contributed by atoms with Crippen molar-refractivity contribution in [3.63, 3.8) is 0 Å². The summed E-state index contributed by atoms with van der Waals surface area (Å²) in [7, 11) is 0. The molecule has 3 fully saturated rings. The predicted molar refractivity (Wildman–Crippen MR) is 211 cm³/mol. The first kappa shape index (κ1) is 37.2. The van der Waals surface area contributed by atoms with Gasteiger partial charge in [0.2, 0.25) is 0 Å². The molecule has 0 aliphatic heterocycles. The third-order valence-electron chi connectivity index (χ3n) is 14.5. The Morgan fingerprint density at radius 2 is 1.54 bits per heavy atom. The maximum absolute atomic E-state index is 13.4. The number of carbonyl (C=O) groups excluding carboxylic acids is 1. The Bertz CT molecular complexity index is 1420. The Balaban J connectivity index is 1.01. The van der Waals surface area contributed by atoms with Crippen LogP contribution in [-0.2, 0) is 4.74 Å². The first-order valence-corrected chi connectivity index (χ1v) is 21.0. The van der Waals surface area contributed by atoms with Gasteiger partial charge in [-0.15, -0.1) is 0 Å². The SMILES string of the molecule is CCCCCCCNc1ccc(-c2ccc(C(=O)OC3CC[C@@]4(C)C(=CC[C@H]5[C@@H]6CC[C@H]([C@H](C)CCCC(C)C)[C@@]6(C)CC[C@@H]54)C3)cc2)cc1. The highest BCUT2D eigenvalue weighted by Gasteiger charge is 2.59. The Hall–Kier alpha value is -2.55. The van der Waals surface area contributed by atoms with E-state index >= 15 is 0 Å². The molecule has 4 aliphatic rings. The number of ether oxygens (including phenoxy) is 1. The molecule has 0 bridgehead atoms. The lowest BCUT2D eigenvalue weighted by molar-refractivity contribution is -0.0594. The molecular formula is C47H69NO2. The topological polar surface area (TPSA) is 38.3 Å². The molecule has 8 atom stereocenters. The highest BCUT2D eigenvalue weighted by molar-refractivity contribution is 5.90. The predicted octanol–water partition coefficient (Wildman–Crippen LogP) is 13.3. The van der Waals surface area contributed by atoms with E-state index in [9.17, 15) is 4.79 Å². The molecule has 1 unspecified atom stereocenters. The summed E-state index contributed by atoms with van der Waals surface area (Å²) in [6.07, 6.45) is 23.2. The van der Waals surface area contributed by atoms with Gasteiger partial charge < -0.3 is 10.1 Å². The van der Waals surface area contributed by atoms with Crippen molar-refractivity contribution in [2.75, 3.05) is 11.9 Å². The molecule has 0 saturated heterocycles. The zero-order chi connectivity index (χ0) is 35.3. The van der Waals surface area contributed by atoms with Crippen LogP contribution in [0.2, 0.25) is 0 Å². The summed E-state index contributed by atoms with van der Waals surface area (Å²) in [6.45, 7) is 15.9. The van der Waals surface area contributed by atoms with E-state index in [0.717, 1.165) is 66.9 Å². The molecule has 0 spiro atoms. The molecular weight excluding hydrogens is 611 g/mol. The molecule has 0 aromatic heterocycles. The van der Waals surface area contributed by atoms with Gasteiger partial charge in [0.15, 0.2) is 0 Å². The monoisotopic (exact) mass is 680 g/mol. The van der Waals surface area contributed by atoms with Crippen LogP contribution >= 0.6 is 0 Å². The number of hydrogen-bond acceptors (Lipinski definition) is 3. The Morgan fingerprint density at radius 3 is 2.26 bits per heavy atom. The number of esters is 1. The van der Waals surface area contributed by atoms with Gasteiger partial charge in [0, 0.05) is 18.7 Å². The summed E-state index contributed by atoms with van der Waals surface area (Å²) in [5.41, 5.74) is 6.50. The minimum Gasteiger partial charge on any atom is -0.458 e.